The van der Waals surface area contributed by atoms with Gasteiger partial charge in [0.1, 0.15) is 5.82 Å². The Balaban J connectivity index is 1.97. The number of ketones is 1. The Morgan fingerprint density at radius 2 is 2.00 bits per heavy atom. The minimum Gasteiger partial charge on any atom is -0.293 e. The van der Waals surface area contributed by atoms with Crippen molar-refractivity contribution < 1.29 is 9.18 Å². The molecule has 1 nitrogen and oxygen atoms in total. The molecule has 3 rings (SSSR count). The van der Waals surface area contributed by atoms with Gasteiger partial charge >= 0.3 is 0 Å². The van der Waals surface area contributed by atoms with Crippen molar-refractivity contribution >= 4 is 17.4 Å². The van der Waals surface area contributed by atoms with Crippen molar-refractivity contribution in [1.29, 1.82) is 0 Å². The molecule has 0 amide bonds. The zero-order chi connectivity index (χ0) is 14.1. The number of carbonyl (C=O) groups is 1. The number of aryl methyl sites for hydroxylation is 1. The molecule has 0 aromatic heterocycles. The first kappa shape index (κ1) is 13.3. The van der Waals surface area contributed by atoms with Gasteiger partial charge in [0.25, 0.3) is 0 Å². The van der Waals surface area contributed by atoms with Crippen LogP contribution in [0.1, 0.15) is 40.2 Å². The van der Waals surface area contributed by atoms with Crippen molar-refractivity contribution in [2.75, 3.05) is 0 Å². The standard InChI is InChI=1S/C17H14ClFO/c18-15-9-8-12(10-16(15)19)17(20)14-7-3-5-11-4-1-2-6-13(11)14/h1-2,4,6,8-10,14H,3,5,7H2. The van der Waals surface area contributed by atoms with Crippen molar-refractivity contribution in [1.82, 2.24) is 0 Å². The molecule has 0 bridgehead atoms. The van der Waals surface area contributed by atoms with Gasteiger partial charge in [-0.2, -0.15) is 0 Å². The van der Waals surface area contributed by atoms with Gasteiger partial charge in [0.05, 0.1) is 5.02 Å². The Kier molecular flexibility index (Phi) is 3.58. The maximum Gasteiger partial charge on any atom is 0.170 e. The summed E-state index contributed by atoms with van der Waals surface area (Å²) in [5, 5.41) is 0.0468. The molecule has 2 aromatic rings. The van der Waals surface area contributed by atoms with Crippen LogP contribution in [-0.4, -0.2) is 5.78 Å². The minimum atomic E-state index is -0.540. The van der Waals surface area contributed by atoms with E-state index in [0.29, 0.717) is 5.56 Å². The average molecular weight is 289 g/mol. The van der Waals surface area contributed by atoms with E-state index in [4.69, 9.17) is 11.6 Å². The van der Waals surface area contributed by atoms with E-state index in [2.05, 4.69) is 6.07 Å². The van der Waals surface area contributed by atoms with Gasteiger partial charge in [0.15, 0.2) is 5.78 Å². The molecule has 1 aliphatic rings. The zero-order valence-corrected chi connectivity index (χ0v) is 11.7. The Labute approximate surface area is 122 Å². The van der Waals surface area contributed by atoms with Gasteiger partial charge in [-0.1, -0.05) is 35.9 Å². The normalized spacial score (nSPS) is 17.6. The molecule has 0 aliphatic heterocycles. The van der Waals surface area contributed by atoms with Gasteiger partial charge in [-0.3, -0.25) is 4.79 Å². The molecule has 0 N–H and O–H groups in total. The maximum absolute atomic E-state index is 13.5. The smallest absolute Gasteiger partial charge is 0.170 e. The van der Waals surface area contributed by atoms with Crippen molar-refractivity contribution in [3.8, 4) is 0 Å². The van der Waals surface area contributed by atoms with E-state index in [0.717, 1.165) is 24.8 Å². The molecule has 0 heterocycles. The summed E-state index contributed by atoms with van der Waals surface area (Å²) in [5.41, 5.74) is 2.71. The summed E-state index contributed by atoms with van der Waals surface area (Å²) in [7, 11) is 0. The van der Waals surface area contributed by atoms with E-state index in [1.807, 2.05) is 18.2 Å². The van der Waals surface area contributed by atoms with Crippen LogP contribution in [-0.2, 0) is 6.42 Å². The summed E-state index contributed by atoms with van der Waals surface area (Å²) in [6, 6.07) is 12.3. The van der Waals surface area contributed by atoms with Crippen molar-refractivity contribution in [3.63, 3.8) is 0 Å². The first-order chi connectivity index (χ1) is 9.66. The number of hydrogen-bond acceptors (Lipinski definition) is 1. The summed E-state index contributed by atoms with van der Waals surface area (Å²) in [5.74, 6) is -0.727. The van der Waals surface area contributed by atoms with Crippen molar-refractivity contribution in [3.05, 3.63) is 70.0 Å². The molecule has 1 unspecified atom stereocenters. The largest absolute Gasteiger partial charge is 0.293 e. The third-order valence-corrected chi connectivity index (χ3v) is 4.20. The molecule has 0 saturated carbocycles. The Morgan fingerprint density at radius 1 is 1.20 bits per heavy atom. The van der Waals surface area contributed by atoms with Crippen LogP contribution in [0.3, 0.4) is 0 Å². The van der Waals surface area contributed by atoms with Crippen LogP contribution in [0.25, 0.3) is 0 Å². The van der Waals surface area contributed by atoms with Gasteiger partial charge in [-0.15, -0.1) is 0 Å². The molecular weight excluding hydrogens is 275 g/mol. The number of hydrogen-bond donors (Lipinski definition) is 0. The van der Waals surface area contributed by atoms with Crippen LogP contribution >= 0.6 is 11.6 Å². The lowest BCUT2D eigenvalue weighted by molar-refractivity contribution is 0.0950. The maximum atomic E-state index is 13.5. The quantitative estimate of drug-likeness (QED) is 0.727. The third kappa shape index (κ3) is 2.36. The number of Topliss-reactive ketones (excluding diaryl/α,β-unsaturated/α-hetero) is 1. The molecule has 1 atom stereocenters. The fraction of sp³-hybridized carbons (Fsp3) is 0.235. The Morgan fingerprint density at radius 3 is 2.80 bits per heavy atom. The summed E-state index contributed by atoms with van der Waals surface area (Å²) < 4.78 is 13.5. The number of halogens is 2. The first-order valence-electron chi connectivity index (χ1n) is 6.74. The summed E-state index contributed by atoms with van der Waals surface area (Å²) >= 11 is 5.67. The summed E-state index contributed by atoms with van der Waals surface area (Å²) in [4.78, 5) is 12.6. The zero-order valence-electron chi connectivity index (χ0n) is 10.9. The lowest BCUT2D eigenvalue weighted by Crippen LogP contribution is -2.18. The average Bonchev–Trinajstić information content (AvgIpc) is 2.49. The Hall–Kier alpha value is -1.67. The van der Waals surface area contributed by atoms with Gasteiger partial charge < -0.3 is 0 Å². The SMILES string of the molecule is O=C(c1ccc(Cl)c(F)c1)C1CCCc2ccccc21. The van der Waals surface area contributed by atoms with Crippen LogP contribution < -0.4 is 0 Å². The topological polar surface area (TPSA) is 17.1 Å². The lowest BCUT2D eigenvalue weighted by atomic mass is 9.79. The van der Waals surface area contributed by atoms with E-state index in [-0.39, 0.29) is 16.7 Å². The predicted octanol–water partition coefficient (Wildman–Crippen LogP) is 4.78. The predicted molar refractivity (Wildman–Crippen MR) is 77.9 cm³/mol. The molecule has 20 heavy (non-hydrogen) atoms. The highest BCUT2D eigenvalue weighted by molar-refractivity contribution is 6.30. The molecule has 2 aromatic carbocycles. The lowest BCUT2D eigenvalue weighted by Gasteiger charge is -2.24. The molecular formula is C17H14ClFO. The van der Waals surface area contributed by atoms with E-state index in [1.54, 1.807) is 6.07 Å². The van der Waals surface area contributed by atoms with E-state index in [9.17, 15) is 9.18 Å². The highest BCUT2D eigenvalue weighted by Crippen LogP contribution is 2.34. The fourth-order valence-electron chi connectivity index (χ4n) is 2.88. The highest BCUT2D eigenvalue weighted by atomic mass is 35.5. The van der Waals surface area contributed by atoms with Crippen LogP contribution in [0, 0.1) is 5.82 Å². The van der Waals surface area contributed by atoms with Gasteiger partial charge in [0, 0.05) is 11.5 Å². The third-order valence-electron chi connectivity index (χ3n) is 3.89. The Bertz CT molecular complexity index is 666. The van der Waals surface area contributed by atoms with Crippen LogP contribution in [0.5, 0.6) is 0 Å². The molecule has 0 spiro atoms. The molecule has 0 radical (unpaired) electrons. The van der Waals surface area contributed by atoms with E-state index in [1.165, 1.54) is 17.7 Å². The van der Waals surface area contributed by atoms with E-state index >= 15 is 0 Å². The van der Waals surface area contributed by atoms with Gasteiger partial charge in [-0.05, 0) is 48.6 Å². The number of carbonyl (C=O) groups excluding carboxylic acids is 1. The first-order valence-corrected chi connectivity index (χ1v) is 7.11. The van der Waals surface area contributed by atoms with Crippen molar-refractivity contribution in [2.24, 2.45) is 0 Å². The molecule has 102 valence electrons. The highest BCUT2D eigenvalue weighted by Gasteiger charge is 2.27. The second kappa shape index (κ2) is 5.37. The molecule has 3 heteroatoms. The van der Waals surface area contributed by atoms with Gasteiger partial charge in [0.2, 0.25) is 0 Å². The molecule has 0 saturated heterocycles. The molecule has 0 fully saturated rings. The van der Waals surface area contributed by atoms with Gasteiger partial charge in [-0.25, -0.2) is 4.39 Å². The van der Waals surface area contributed by atoms with Crippen LogP contribution in [0.15, 0.2) is 42.5 Å². The number of rotatable bonds is 2. The fourth-order valence-corrected chi connectivity index (χ4v) is 2.99. The molecule has 1 aliphatic carbocycles. The van der Waals surface area contributed by atoms with Crippen LogP contribution in [0.4, 0.5) is 4.39 Å². The number of benzene rings is 2. The second-order valence-corrected chi connectivity index (χ2v) is 5.54. The summed E-state index contributed by atoms with van der Waals surface area (Å²) in [6.45, 7) is 0. The number of fused-ring (bicyclic) bond motifs is 1. The second-order valence-electron chi connectivity index (χ2n) is 5.14. The monoisotopic (exact) mass is 288 g/mol. The van der Waals surface area contributed by atoms with Crippen LogP contribution in [0.2, 0.25) is 5.02 Å². The van der Waals surface area contributed by atoms with E-state index < -0.39 is 5.82 Å². The van der Waals surface area contributed by atoms with Crippen molar-refractivity contribution in [2.45, 2.75) is 25.2 Å². The summed E-state index contributed by atoms with van der Waals surface area (Å²) in [6.07, 6.45) is 2.82. The minimum absolute atomic E-state index is 0.0206.